The topological polar surface area (TPSA) is 113 Å². The molecule has 1 aliphatic carbocycles. The Bertz CT molecular complexity index is 592. The molecule has 1 atom stereocenters. The molecule has 1 unspecified atom stereocenters. The van der Waals surface area contributed by atoms with Gasteiger partial charge in [-0.3, -0.25) is 14.4 Å². The van der Waals surface area contributed by atoms with E-state index in [1.165, 1.54) is 13.8 Å². The quantitative estimate of drug-likeness (QED) is 0.628. The monoisotopic (exact) mass is 318 g/mol. The predicted octanol–water partition coefficient (Wildman–Crippen LogP) is 1.07. The molecule has 0 spiro atoms. The summed E-state index contributed by atoms with van der Waals surface area (Å²) in [4.78, 5) is 34.7. The van der Waals surface area contributed by atoms with E-state index in [0.717, 1.165) is 12.8 Å². The fourth-order valence-electron chi connectivity index (χ4n) is 2.31. The van der Waals surface area contributed by atoms with Gasteiger partial charge in [0, 0.05) is 43.4 Å². The van der Waals surface area contributed by atoms with Crippen molar-refractivity contribution in [1.82, 2.24) is 5.32 Å². The van der Waals surface area contributed by atoms with Gasteiger partial charge in [-0.25, -0.2) is 0 Å². The zero-order valence-electron chi connectivity index (χ0n) is 13.3. The van der Waals surface area contributed by atoms with Crippen LogP contribution in [0.25, 0.3) is 0 Å². The van der Waals surface area contributed by atoms with Crippen LogP contribution in [0.4, 0.5) is 11.4 Å². The Morgan fingerprint density at radius 2 is 1.61 bits per heavy atom. The average Bonchev–Trinajstić information content (AvgIpc) is 3.27. The molecule has 0 aromatic heterocycles. The molecule has 23 heavy (non-hydrogen) atoms. The molecule has 0 aliphatic heterocycles. The molecular formula is C16H22N4O3. The van der Waals surface area contributed by atoms with Crippen LogP contribution in [-0.2, 0) is 9.59 Å². The number of hydrogen-bond donors (Lipinski definition) is 4. The van der Waals surface area contributed by atoms with Gasteiger partial charge in [-0.2, -0.15) is 0 Å². The lowest BCUT2D eigenvalue weighted by Gasteiger charge is -2.13. The second-order valence-corrected chi connectivity index (χ2v) is 5.87. The number of benzene rings is 1. The number of amides is 3. The minimum atomic E-state index is -0.292. The van der Waals surface area contributed by atoms with Gasteiger partial charge in [-0.1, -0.05) is 0 Å². The first-order valence-electron chi connectivity index (χ1n) is 7.59. The first kappa shape index (κ1) is 17.0. The molecule has 1 fully saturated rings. The minimum Gasteiger partial charge on any atom is -0.350 e. The highest BCUT2D eigenvalue weighted by atomic mass is 16.2. The Morgan fingerprint density at radius 1 is 1.09 bits per heavy atom. The van der Waals surface area contributed by atoms with Crippen LogP contribution in [0.1, 0.15) is 37.0 Å². The van der Waals surface area contributed by atoms with Crippen LogP contribution in [0.5, 0.6) is 0 Å². The van der Waals surface area contributed by atoms with Gasteiger partial charge in [0.2, 0.25) is 11.8 Å². The summed E-state index contributed by atoms with van der Waals surface area (Å²) in [5.74, 6) is -0.310. The van der Waals surface area contributed by atoms with Gasteiger partial charge in [0.1, 0.15) is 0 Å². The molecule has 5 N–H and O–H groups in total. The Hall–Kier alpha value is -2.41. The Balaban J connectivity index is 2.11. The van der Waals surface area contributed by atoms with Crippen LogP contribution >= 0.6 is 0 Å². The number of nitrogens with one attached hydrogen (secondary N) is 3. The third kappa shape index (κ3) is 5.37. The van der Waals surface area contributed by atoms with Gasteiger partial charge in [0.15, 0.2) is 0 Å². The van der Waals surface area contributed by atoms with Gasteiger partial charge in [-0.15, -0.1) is 0 Å². The van der Waals surface area contributed by atoms with E-state index in [1.54, 1.807) is 18.2 Å². The molecule has 7 nitrogen and oxygen atoms in total. The predicted molar refractivity (Wildman–Crippen MR) is 88.1 cm³/mol. The van der Waals surface area contributed by atoms with Crippen molar-refractivity contribution in [3.63, 3.8) is 0 Å². The zero-order valence-corrected chi connectivity index (χ0v) is 13.3. The smallest absolute Gasteiger partial charge is 0.251 e. The third-order valence-electron chi connectivity index (χ3n) is 3.56. The number of nitrogens with two attached hydrogens (primary N) is 1. The fraction of sp³-hybridized carbons (Fsp3) is 0.438. The van der Waals surface area contributed by atoms with E-state index in [2.05, 4.69) is 16.0 Å². The normalized spacial score (nSPS) is 14.7. The van der Waals surface area contributed by atoms with E-state index in [0.29, 0.717) is 29.4 Å². The third-order valence-corrected chi connectivity index (χ3v) is 3.56. The standard InChI is InChI=1S/C16H22N4O3/c1-9(21)19-13-5-12(6-14(7-13)20-10(2)22)16(23)18-8-15(17)11-3-4-11/h5-7,11,15H,3-4,8,17H2,1-2H3,(H,18,23)(H,19,21)(H,20,22). The molecule has 7 heteroatoms. The van der Waals surface area contributed by atoms with Crippen molar-refractivity contribution in [2.45, 2.75) is 32.7 Å². The lowest BCUT2D eigenvalue weighted by atomic mass is 10.1. The van der Waals surface area contributed by atoms with E-state index < -0.39 is 0 Å². The second-order valence-electron chi connectivity index (χ2n) is 5.87. The first-order valence-corrected chi connectivity index (χ1v) is 7.59. The van der Waals surface area contributed by atoms with Gasteiger partial charge < -0.3 is 21.7 Å². The Morgan fingerprint density at radius 3 is 2.04 bits per heavy atom. The summed E-state index contributed by atoms with van der Waals surface area (Å²) >= 11 is 0. The summed E-state index contributed by atoms with van der Waals surface area (Å²) in [6, 6.07) is 4.68. The molecule has 1 aliphatic rings. The van der Waals surface area contributed by atoms with Crippen molar-refractivity contribution >= 4 is 29.1 Å². The summed E-state index contributed by atoms with van der Waals surface area (Å²) in [7, 11) is 0. The molecule has 0 saturated heterocycles. The van der Waals surface area contributed by atoms with Crippen LogP contribution in [-0.4, -0.2) is 30.3 Å². The highest BCUT2D eigenvalue weighted by molar-refractivity contribution is 5.99. The van der Waals surface area contributed by atoms with E-state index in [4.69, 9.17) is 5.73 Å². The lowest BCUT2D eigenvalue weighted by molar-refractivity contribution is -0.115. The summed E-state index contributed by atoms with van der Waals surface area (Å²) in [5.41, 5.74) is 7.21. The van der Waals surface area contributed by atoms with E-state index >= 15 is 0 Å². The zero-order chi connectivity index (χ0) is 17.0. The molecule has 124 valence electrons. The average molecular weight is 318 g/mol. The van der Waals surface area contributed by atoms with Crippen molar-refractivity contribution in [1.29, 1.82) is 0 Å². The van der Waals surface area contributed by atoms with Crippen LogP contribution in [0.3, 0.4) is 0 Å². The number of carbonyl (C=O) groups excluding carboxylic acids is 3. The summed E-state index contributed by atoms with van der Waals surface area (Å²) in [6.45, 7) is 3.16. The maximum atomic E-state index is 12.3. The van der Waals surface area contributed by atoms with Crippen molar-refractivity contribution in [2.75, 3.05) is 17.2 Å². The van der Waals surface area contributed by atoms with Gasteiger partial charge in [0.05, 0.1) is 0 Å². The number of rotatable bonds is 6. The van der Waals surface area contributed by atoms with Crippen molar-refractivity contribution in [3.8, 4) is 0 Å². The van der Waals surface area contributed by atoms with Crippen molar-refractivity contribution in [3.05, 3.63) is 23.8 Å². The molecule has 3 amide bonds. The fourth-order valence-corrected chi connectivity index (χ4v) is 2.31. The largest absolute Gasteiger partial charge is 0.350 e. The number of hydrogen-bond acceptors (Lipinski definition) is 4. The molecule has 1 aromatic rings. The molecule has 2 rings (SSSR count). The SMILES string of the molecule is CC(=O)Nc1cc(NC(C)=O)cc(C(=O)NCC(N)C2CC2)c1. The van der Waals surface area contributed by atoms with Crippen LogP contribution in [0, 0.1) is 5.92 Å². The highest BCUT2D eigenvalue weighted by Crippen LogP contribution is 2.31. The molecule has 1 aromatic carbocycles. The lowest BCUT2D eigenvalue weighted by Crippen LogP contribution is -2.38. The first-order chi connectivity index (χ1) is 10.8. The Kier molecular flexibility index (Phi) is 5.33. The molecule has 0 heterocycles. The van der Waals surface area contributed by atoms with Gasteiger partial charge in [-0.05, 0) is 37.0 Å². The maximum Gasteiger partial charge on any atom is 0.251 e. The summed E-state index contributed by atoms with van der Waals surface area (Å²) < 4.78 is 0. The minimum absolute atomic E-state index is 0.0349. The molecular weight excluding hydrogens is 296 g/mol. The maximum absolute atomic E-state index is 12.3. The Labute approximate surface area is 135 Å². The van der Waals surface area contributed by atoms with E-state index in [1.807, 2.05) is 0 Å². The second kappa shape index (κ2) is 7.23. The highest BCUT2D eigenvalue weighted by Gasteiger charge is 2.28. The van der Waals surface area contributed by atoms with Crippen LogP contribution < -0.4 is 21.7 Å². The molecule has 0 radical (unpaired) electrons. The molecule has 1 saturated carbocycles. The van der Waals surface area contributed by atoms with Crippen molar-refractivity contribution < 1.29 is 14.4 Å². The van der Waals surface area contributed by atoms with Crippen molar-refractivity contribution in [2.24, 2.45) is 11.7 Å². The van der Waals surface area contributed by atoms with Crippen LogP contribution in [0.15, 0.2) is 18.2 Å². The summed E-state index contributed by atoms with van der Waals surface area (Å²) in [5, 5.41) is 8.02. The van der Waals surface area contributed by atoms with Gasteiger partial charge >= 0.3 is 0 Å². The number of carbonyl (C=O) groups is 3. The number of anilines is 2. The van der Waals surface area contributed by atoms with E-state index in [9.17, 15) is 14.4 Å². The summed E-state index contributed by atoms with van der Waals surface area (Å²) in [6.07, 6.45) is 2.23. The molecule has 0 bridgehead atoms. The van der Waals surface area contributed by atoms with E-state index in [-0.39, 0.29) is 23.8 Å². The van der Waals surface area contributed by atoms with Crippen LogP contribution in [0.2, 0.25) is 0 Å². The van der Waals surface area contributed by atoms with Gasteiger partial charge in [0.25, 0.3) is 5.91 Å².